The molecule has 124 valence electrons. The van der Waals surface area contributed by atoms with Crippen LogP contribution in [0.15, 0.2) is 91.0 Å². The average molecular weight is 337 g/mol. The Morgan fingerprint density at radius 2 is 0.923 bits per heavy atom. The highest BCUT2D eigenvalue weighted by Gasteiger charge is 2.08. The monoisotopic (exact) mass is 337 g/mol. The maximum atomic E-state index is 13.1. The first kappa shape index (κ1) is 14.9. The van der Waals surface area contributed by atoms with Gasteiger partial charge in [0.05, 0.1) is 0 Å². The largest absolute Gasteiger partial charge is 0.356 e. The summed E-state index contributed by atoms with van der Waals surface area (Å²) in [6.07, 6.45) is 0. The van der Waals surface area contributed by atoms with Crippen LogP contribution < -0.4 is 5.32 Å². The number of nitrogens with one attached hydrogen (secondary N) is 1. The van der Waals surface area contributed by atoms with E-state index in [-0.39, 0.29) is 5.82 Å². The summed E-state index contributed by atoms with van der Waals surface area (Å²) in [5, 5.41) is 10.9. The number of fused-ring (bicyclic) bond motifs is 6. The summed E-state index contributed by atoms with van der Waals surface area (Å²) in [6, 6.07) is 29.9. The molecule has 2 heteroatoms. The van der Waals surface area contributed by atoms with Crippen LogP contribution in [0.5, 0.6) is 0 Å². The highest BCUT2D eigenvalue weighted by atomic mass is 19.1. The molecule has 0 aliphatic heterocycles. The van der Waals surface area contributed by atoms with Crippen LogP contribution in [-0.2, 0) is 0 Å². The molecule has 0 saturated carbocycles. The summed E-state index contributed by atoms with van der Waals surface area (Å²) in [7, 11) is 0. The molecule has 0 aliphatic carbocycles. The summed E-state index contributed by atoms with van der Waals surface area (Å²) >= 11 is 0. The first-order valence-electron chi connectivity index (χ1n) is 8.65. The Morgan fingerprint density at radius 1 is 0.462 bits per heavy atom. The SMILES string of the molecule is Fc1ccc(Nc2ccc3c4ccccc4c4ccccc4c3c2)cc1. The van der Waals surface area contributed by atoms with Crippen molar-refractivity contribution in [2.75, 3.05) is 5.32 Å². The van der Waals surface area contributed by atoms with Crippen molar-refractivity contribution >= 4 is 43.7 Å². The highest BCUT2D eigenvalue weighted by Crippen LogP contribution is 2.36. The summed E-state index contributed by atoms with van der Waals surface area (Å²) in [6.45, 7) is 0. The van der Waals surface area contributed by atoms with E-state index in [9.17, 15) is 4.39 Å². The van der Waals surface area contributed by atoms with Crippen LogP contribution in [0, 0.1) is 5.82 Å². The van der Waals surface area contributed by atoms with E-state index in [2.05, 4.69) is 72.0 Å². The van der Waals surface area contributed by atoms with Gasteiger partial charge < -0.3 is 5.32 Å². The highest BCUT2D eigenvalue weighted by molar-refractivity contribution is 6.25. The van der Waals surface area contributed by atoms with Crippen LogP contribution in [0.4, 0.5) is 15.8 Å². The molecule has 0 radical (unpaired) electrons. The summed E-state index contributed by atoms with van der Waals surface area (Å²) in [4.78, 5) is 0. The summed E-state index contributed by atoms with van der Waals surface area (Å²) < 4.78 is 13.1. The van der Waals surface area contributed by atoms with Gasteiger partial charge in [-0.3, -0.25) is 0 Å². The normalized spacial score (nSPS) is 11.3. The number of anilines is 2. The molecule has 0 saturated heterocycles. The van der Waals surface area contributed by atoms with E-state index < -0.39 is 0 Å². The van der Waals surface area contributed by atoms with Gasteiger partial charge in [-0.25, -0.2) is 4.39 Å². The first-order valence-corrected chi connectivity index (χ1v) is 8.65. The van der Waals surface area contributed by atoms with Gasteiger partial charge in [0.2, 0.25) is 0 Å². The number of hydrogen-bond acceptors (Lipinski definition) is 1. The van der Waals surface area contributed by atoms with Gasteiger partial charge in [0, 0.05) is 11.4 Å². The minimum atomic E-state index is -0.230. The van der Waals surface area contributed by atoms with Gasteiger partial charge >= 0.3 is 0 Å². The van der Waals surface area contributed by atoms with Crippen molar-refractivity contribution < 1.29 is 4.39 Å². The molecule has 5 aromatic rings. The first-order chi connectivity index (χ1) is 12.8. The van der Waals surface area contributed by atoms with Gasteiger partial charge in [-0.05, 0) is 68.7 Å². The zero-order valence-electron chi connectivity index (χ0n) is 14.0. The predicted octanol–water partition coefficient (Wildman–Crippen LogP) is 7.03. The second kappa shape index (κ2) is 5.85. The van der Waals surface area contributed by atoms with Gasteiger partial charge in [0.25, 0.3) is 0 Å². The zero-order chi connectivity index (χ0) is 17.5. The molecule has 0 heterocycles. The molecule has 5 aromatic carbocycles. The molecule has 0 aliphatic rings. The molecule has 26 heavy (non-hydrogen) atoms. The van der Waals surface area contributed by atoms with Gasteiger partial charge in [-0.1, -0.05) is 54.6 Å². The standard InChI is InChI=1S/C24H16FN/c25-16-9-11-17(12-10-16)26-18-13-14-23-21-7-2-1-5-19(21)20-6-3-4-8-22(20)24(23)15-18/h1-15,26H. The molecule has 0 spiro atoms. The third-order valence-corrected chi connectivity index (χ3v) is 4.88. The lowest BCUT2D eigenvalue weighted by molar-refractivity contribution is 0.628. The van der Waals surface area contributed by atoms with Crippen molar-refractivity contribution in [3.63, 3.8) is 0 Å². The Morgan fingerprint density at radius 3 is 1.50 bits per heavy atom. The molecule has 0 fully saturated rings. The summed E-state index contributed by atoms with van der Waals surface area (Å²) in [5.74, 6) is -0.230. The average Bonchev–Trinajstić information content (AvgIpc) is 2.70. The van der Waals surface area contributed by atoms with Crippen molar-refractivity contribution in [3.8, 4) is 0 Å². The van der Waals surface area contributed by atoms with Crippen molar-refractivity contribution in [1.82, 2.24) is 0 Å². The third-order valence-electron chi connectivity index (χ3n) is 4.88. The number of halogens is 1. The molecule has 1 nitrogen and oxygen atoms in total. The van der Waals surface area contributed by atoms with E-state index in [1.54, 1.807) is 12.1 Å². The molecular weight excluding hydrogens is 321 g/mol. The summed E-state index contributed by atoms with van der Waals surface area (Å²) in [5.41, 5.74) is 1.86. The molecule has 0 aromatic heterocycles. The van der Waals surface area contributed by atoms with Crippen molar-refractivity contribution in [3.05, 3.63) is 96.8 Å². The Hall–Kier alpha value is -3.39. The molecule has 0 atom stereocenters. The number of rotatable bonds is 2. The lowest BCUT2D eigenvalue weighted by Gasteiger charge is -2.13. The lowest BCUT2D eigenvalue weighted by atomic mass is 9.94. The Kier molecular flexibility index (Phi) is 3.36. The second-order valence-electron chi connectivity index (χ2n) is 6.48. The zero-order valence-corrected chi connectivity index (χ0v) is 14.0. The minimum absolute atomic E-state index is 0.230. The van der Waals surface area contributed by atoms with E-state index in [1.807, 2.05) is 0 Å². The maximum Gasteiger partial charge on any atom is 0.123 e. The molecule has 5 rings (SSSR count). The van der Waals surface area contributed by atoms with E-state index in [4.69, 9.17) is 0 Å². The molecular formula is C24H16FN. The van der Waals surface area contributed by atoms with Gasteiger partial charge in [0.1, 0.15) is 5.82 Å². The van der Waals surface area contributed by atoms with Crippen LogP contribution in [-0.4, -0.2) is 0 Å². The van der Waals surface area contributed by atoms with Gasteiger partial charge in [-0.15, -0.1) is 0 Å². The number of hydrogen-bond donors (Lipinski definition) is 1. The van der Waals surface area contributed by atoms with E-state index in [0.717, 1.165) is 11.4 Å². The van der Waals surface area contributed by atoms with Crippen molar-refractivity contribution in [2.45, 2.75) is 0 Å². The van der Waals surface area contributed by atoms with Crippen LogP contribution in [0.1, 0.15) is 0 Å². The Bertz CT molecular complexity index is 1220. The quantitative estimate of drug-likeness (QED) is 0.341. The van der Waals surface area contributed by atoms with Crippen LogP contribution in [0.3, 0.4) is 0 Å². The fourth-order valence-electron chi connectivity index (χ4n) is 3.69. The molecule has 0 amide bonds. The lowest BCUT2D eigenvalue weighted by Crippen LogP contribution is -1.91. The molecule has 0 unspecified atom stereocenters. The van der Waals surface area contributed by atoms with Crippen LogP contribution >= 0.6 is 0 Å². The molecule has 0 bridgehead atoms. The van der Waals surface area contributed by atoms with Crippen molar-refractivity contribution in [1.29, 1.82) is 0 Å². The minimum Gasteiger partial charge on any atom is -0.356 e. The Balaban J connectivity index is 1.76. The second-order valence-corrected chi connectivity index (χ2v) is 6.48. The maximum absolute atomic E-state index is 13.1. The van der Waals surface area contributed by atoms with Crippen LogP contribution in [0.25, 0.3) is 32.3 Å². The Labute approximate surface area is 150 Å². The van der Waals surface area contributed by atoms with Gasteiger partial charge in [-0.2, -0.15) is 0 Å². The van der Waals surface area contributed by atoms with E-state index in [0.29, 0.717) is 0 Å². The van der Waals surface area contributed by atoms with Crippen molar-refractivity contribution in [2.24, 2.45) is 0 Å². The van der Waals surface area contributed by atoms with Gasteiger partial charge in [0.15, 0.2) is 0 Å². The van der Waals surface area contributed by atoms with Crippen LogP contribution in [0.2, 0.25) is 0 Å². The predicted molar refractivity (Wildman–Crippen MR) is 109 cm³/mol. The fraction of sp³-hybridized carbons (Fsp3) is 0. The van der Waals surface area contributed by atoms with E-state index >= 15 is 0 Å². The third kappa shape index (κ3) is 2.39. The molecule has 1 N–H and O–H groups in total. The fourth-order valence-corrected chi connectivity index (χ4v) is 3.69. The van der Waals surface area contributed by atoms with E-state index in [1.165, 1.54) is 44.5 Å². The topological polar surface area (TPSA) is 12.0 Å². The number of benzene rings is 5. The smallest absolute Gasteiger partial charge is 0.123 e.